The summed E-state index contributed by atoms with van der Waals surface area (Å²) in [5.41, 5.74) is 0.968. The number of carbonyl (C=O) groups excluding carboxylic acids is 3. The first-order valence-corrected chi connectivity index (χ1v) is 10.3. The fourth-order valence-electron chi connectivity index (χ4n) is 2.34. The summed E-state index contributed by atoms with van der Waals surface area (Å²) in [7, 11) is 1.17. The molecule has 150 valence electrons. The molecule has 0 radical (unpaired) electrons. The number of carbonyl (C=O) groups is 3. The third kappa shape index (κ3) is 6.07. The lowest BCUT2D eigenvalue weighted by molar-refractivity contribution is -0.116. The number of aryl methyl sites for hydroxylation is 1. The van der Waals surface area contributed by atoms with E-state index in [9.17, 15) is 18.8 Å². The van der Waals surface area contributed by atoms with Crippen LogP contribution in [0.5, 0.6) is 0 Å². The fourth-order valence-corrected chi connectivity index (χ4v) is 4.26. The number of hydrogen-bond acceptors (Lipinski definition) is 6. The van der Waals surface area contributed by atoms with Gasteiger partial charge in [-0.05, 0) is 55.9 Å². The highest BCUT2D eigenvalue weighted by Gasteiger charge is 2.22. The molecule has 2 rings (SSSR count). The van der Waals surface area contributed by atoms with Gasteiger partial charge in [0.05, 0.1) is 12.7 Å². The van der Waals surface area contributed by atoms with Gasteiger partial charge in [-0.15, -0.1) is 23.1 Å². The fraction of sp³-hybridized carbons (Fsp3) is 0.316. The second kappa shape index (κ2) is 10.2. The number of hydrogen-bond donors (Lipinski definition) is 2. The predicted molar refractivity (Wildman–Crippen MR) is 109 cm³/mol. The van der Waals surface area contributed by atoms with Crippen LogP contribution in [-0.4, -0.2) is 30.8 Å². The van der Waals surface area contributed by atoms with Gasteiger partial charge in [0.25, 0.3) is 5.91 Å². The van der Waals surface area contributed by atoms with Gasteiger partial charge >= 0.3 is 6.09 Å². The largest absolute Gasteiger partial charge is 0.453 e. The number of thiophene rings is 1. The SMILES string of the molecule is COC(=O)NC(=O)c1c(NC(=O)CCCSc2ccc(F)cc2)sc(C)c1C. The number of nitrogens with one attached hydrogen (secondary N) is 2. The van der Waals surface area contributed by atoms with Crippen molar-refractivity contribution in [3.8, 4) is 0 Å². The van der Waals surface area contributed by atoms with Gasteiger partial charge in [-0.2, -0.15) is 0 Å². The number of amides is 3. The lowest BCUT2D eigenvalue weighted by Crippen LogP contribution is -2.31. The zero-order valence-electron chi connectivity index (χ0n) is 15.8. The number of anilines is 1. The van der Waals surface area contributed by atoms with E-state index >= 15 is 0 Å². The molecular weight excluding hydrogens is 403 g/mol. The molecule has 1 aromatic carbocycles. The summed E-state index contributed by atoms with van der Waals surface area (Å²) in [6.07, 6.45) is 0.0479. The van der Waals surface area contributed by atoms with E-state index in [1.165, 1.54) is 30.6 Å². The van der Waals surface area contributed by atoms with E-state index < -0.39 is 12.0 Å². The Bertz CT molecular complexity index is 866. The van der Waals surface area contributed by atoms with Crippen LogP contribution >= 0.6 is 23.1 Å². The third-order valence-electron chi connectivity index (χ3n) is 3.90. The summed E-state index contributed by atoms with van der Waals surface area (Å²) in [6.45, 7) is 3.59. The van der Waals surface area contributed by atoms with E-state index in [2.05, 4.69) is 15.4 Å². The van der Waals surface area contributed by atoms with Crippen molar-refractivity contribution in [1.82, 2.24) is 5.32 Å². The van der Waals surface area contributed by atoms with Crippen LogP contribution in [-0.2, 0) is 9.53 Å². The maximum Gasteiger partial charge on any atom is 0.413 e. The minimum atomic E-state index is -0.858. The van der Waals surface area contributed by atoms with Crippen LogP contribution in [0.15, 0.2) is 29.2 Å². The minimum absolute atomic E-state index is 0.215. The molecule has 1 heterocycles. The summed E-state index contributed by atoms with van der Waals surface area (Å²) < 4.78 is 17.3. The van der Waals surface area contributed by atoms with Crippen molar-refractivity contribution in [3.05, 3.63) is 46.1 Å². The summed E-state index contributed by atoms with van der Waals surface area (Å²) in [4.78, 5) is 37.7. The molecule has 0 fully saturated rings. The number of rotatable bonds is 7. The van der Waals surface area contributed by atoms with Gasteiger partial charge in [0.1, 0.15) is 10.8 Å². The molecule has 2 N–H and O–H groups in total. The first kappa shape index (κ1) is 21.9. The lowest BCUT2D eigenvalue weighted by Gasteiger charge is -2.08. The van der Waals surface area contributed by atoms with Crippen LogP contribution in [0.3, 0.4) is 0 Å². The maximum atomic E-state index is 12.9. The van der Waals surface area contributed by atoms with Crippen molar-refractivity contribution in [2.24, 2.45) is 0 Å². The average Bonchev–Trinajstić information content (AvgIpc) is 2.93. The van der Waals surface area contributed by atoms with Crippen molar-refractivity contribution in [2.75, 3.05) is 18.2 Å². The normalized spacial score (nSPS) is 10.4. The molecule has 1 aromatic heterocycles. The van der Waals surface area contributed by atoms with Gasteiger partial charge in [0.2, 0.25) is 5.91 Å². The molecule has 0 saturated heterocycles. The Hall–Kier alpha value is -2.39. The summed E-state index contributed by atoms with van der Waals surface area (Å²) in [5.74, 6) is -0.404. The zero-order chi connectivity index (χ0) is 20.7. The summed E-state index contributed by atoms with van der Waals surface area (Å²) in [6, 6.07) is 6.20. The minimum Gasteiger partial charge on any atom is -0.453 e. The van der Waals surface area contributed by atoms with Crippen molar-refractivity contribution in [1.29, 1.82) is 0 Å². The Morgan fingerprint density at radius 1 is 1.18 bits per heavy atom. The number of benzene rings is 1. The van der Waals surface area contributed by atoms with Crippen molar-refractivity contribution in [3.63, 3.8) is 0 Å². The number of ether oxygens (including phenoxy) is 1. The number of halogens is 1. The molecule has 0 saturated carbocycles. The van der Waals surface area contributed by atoms with E-state index in [0.29, 0.717) is 22.7 Å². The van der Waals surface area contributed by atoms with Gasteiger partial charge in [-0.25, -0.2) is 9.18 Å². The van der Waals surface area contributed by atoms with Crippen LogP contribution in [0, 0.1) is 19.7 Å². The zero-order valence-corrected chi connectivity index (χ0v) is 17.4. The molecular formula is C19H21FN2O4S2. The molecule has 9 heteroatoms. The lowest BCUT2D eigenvalue weighted by atomic mass is 10.1. The Balaban J connectivity index is 1.90. The van der Waals surface area contributed by atoms with Gasteiger partial charge in [-0.1, -0.05) is 0 Å². The Kier molecular flexibility index (Phi) is 8.01. The summed E-state index contributed by atoms with van der Waals surface area (Å²) >= 11 is 2.83. The summed E-state index contributed by atoms with van der Waals surface area (Å²) in [5, 5.41) is 5.28. The van der Waals surface area contributed by atoms with E-state index in [1.807, 2.05) is 6.92 Å². The second-order valence-electron chi connectivity index (χ2n) is 5.89. The number of thioether (sulfide) groups is 1. The number of alkyl carbamates (subject to hydrolysis) is 1. The molecule has 0 aliphatic carbocycles. The van der Waals surface area contributed by atoms with Crippen LogP contribution in [0.2, 0.25) is 0 Å². The van der Waals surface area contributed by atoms with E-state index in [1.54, 1.807) is 30.8 Å². The van der Waals surface area contributed by atoms with Crippen molar-refractivity contribution < 1.29 is 23.5 Å². The number of methoxy groups -OCH3 is 1. The van der Waals surface area contributed by atoms with Gasteiger partial charge in [0, 0.05) is 16.2 Å². The molecule has 0 unspecified atom stereocenters. The van der Waals surface area contributed by atoms with Crippen LogP contribution in [0.1, 0.15) is 33.6 Å². The molecule has 3 amide bonds. The van der Waals surface area contributed by atoms with Crippen molar-refractivity contribution in [2.45, 2.75) is 31.6 Å². The Morgan fingerprint density at radius 3 is 2.50 bits per heavy atom. The monoisotopic (exact) mass is 424 g/mol. The second-order valence-corrected chi connectivity index (χ2v) is 8.28. The number of imide groups is 1. The quantitative estimate of drug-likeness (QED) is 0.505. The molecule has 0 bridgehead atoms. The predicted octanol–water partition coefficient (Wildman–Crippen LogP) is 4.51. The molecule has 0 atom stereocenters. The molecule has 6 nitrogen and oxygen atoms in total. The molecule has 0 aliphatic heterocycles. The first-order valence-electron chi connectivity index (χ1n) is 8.49. The average molecular weight is 425 g/mol. The van der Waals surface area contributed by atoms with Gasteiger partial charge < -0.3 is 10.1 Å². The third-order valence-corrected chi connectivity index (χ3v) is 6.12. The van der Waals surface area contributed by atoms with Gasteiger partial charge in [0.15, 0.2) is 0 Å². The highest BCUT2D eigenvalue weighted by atomic mass is 32.2. The van der Waals surface area contributed by atoms with E-state index in [0.717, 1.165) is 9.77 Å². The van der Waals surface area contributed by atoms with E-state index in [4.69, 9.17) is 0 Å². The molecule has 0 aliphatic rings. The highest BCUT2D eigenvalue weighted by molar-refractivity contribution is 7.99. The molecule has 2 aromatic rings. The van der Waals surface area contributed by atoms with Crippen LogP contribution in [0.25, 0.3) is 0 Å². The standard InChI is InChI=1S/C19H21FN2O4S2/c1-11-12(2)28-18(16(11)17(24)22-19(25)26-3)21-15(23)5-4-10-27-14-8-6-13(20)7-9-14/h6-9H,4-5,10H2,1-3H3,(H,21,23)(H,22,24,25). The Labute approximate surface area is 170 Å². The molecule has 28 heavy (non-hydrogen) atoms. The highest BCUT2D eigenvalue weighted by Crippen LogP contribution is 2.32. The Morgan fingerprint density at radius 2 is 1.86 bits per heavy atom. The van der Waals surface area contributed by atoms with Crippen LogP contribution < -0.4 is 10.6 Å². The maximum absolute atomic E-state index is 12.9. The molecule has 0 spiro atoms. The topological polar surface area (TPSA) is 84.5 Å². The van der Waals surface area contributed by atoms with Crippen LogP contribution in [0.4, 0.5) is 14.2 Å². The smallest absolute Gasteiger partial charge is 0.413 e. The van der Waals surface area contributed by atoms with Crippen molar-refractivity contribution >= 4 is 46.0 Å². The first-order chi connectivity index (χ1) is 13.3. The van der Waals surface area contributed by atoms with E-state index in [-0.39, 0.29) is 23.7 Å². The van der Waals surface area contributed by atoms with Gasteiger partial charge in [-0.3, -0.25) is 14.9 Å².